The quantitative estimate of drug-likeness (QED) is 0.759. The maximum absolute atomic E-state index is 11.4. The Bertz CT molecular complexity index is 684. The van der Waals surface area contributed by atoms with Gasteiger partial charge in [0.1, 0.15) is 0 Å². The molecule has 0 spiro atoms. The molecule has 6 atom stereocenters. The zero-order valence-electron chi connectivity index (χ0n) is 14.7. The van der Waals surface area contributed by atoms with E-state index in [1.807, 2.05) is 6.08 Å². The van der Waals surface area contributed by atoms with Gasteiger partial charge in [-0.15, -0.1) is 0 Å². The highest BCUT2D eigenvalue weighted by Crippen LogP contribution is 2.65. The van der Waals surface area contributed by atoms with Crippen LogP contribution in [0, 0.1) is 45.8 Å². The van der Waals surface area contributed by atoms with E-state index in [4.69, 9.17) is 0 Å². The van der Waals surface area contributed by atoms with E-state index in [9.17, 15) is 15.2 Å². The Morgan fingerprint density at radius 2 is 2.04 bits per heavy atom. The van der Waals surface area contributed by atoms with E-state index < -0.39 is 5.97 Å². The van der Waals surface area contributed by atoms with Gasteiger partial charge in [-0.1, -0.05) is 19.9 Å². The summed E-state index contributed by atoms with van der Waals surface area (Å²) in [6.45, 7) is 4.73. The van der Waals surface area contributed by atoms with Gasteiger partial charge in [0, 0.05) is 5.57 Å². The van der Waals surface area contributed by atoms with Crippen LogP contribution < -0.4 is 0 Å². The first-order valence-corrected chi connectivity index (χ1v) is 9.44. The topological polar surface area (TPSA) is 61.1 Å². The number of rotatable bonds is 1. The second-order valence-corrected chi connectivity index (χ2v) is 8.97. The Kier molecular flexibility index (Phi) is 3.46. The summed E-state index contributed by atoms with van der Waals surface area (Å²) in [7, 11) is 0. The number of carboxylic acid groups (broad SMARTS) is 1. The Morgan fingerprint density at radius 3 is 2.75 bits per heavy atom. The zero-order valence-corrected chi connectivity index (χ0v) is 14.7. The lowest BCUT2D eigenvalue weighted by molar-refractivity contribution is -0.133. The van der Waals surface area contributed by atoms with Crippen LogP contribution in [0.25, 0.3) is 0 Å². The van der Waals surface area contributed by atoms with Crippen molar-refractivity contribution in [2.45, 2.75) is 58.8 Å². The van der Waals surface area contributed by atoms with E-state index in [2.05, 4.69) is 26.0 Å². The second-order valence-electron chi connectivity index (χ2n) is 8.97. The summed E-state index contributed by atoms with van der Waals surface area (Å²) in [6, 6.07) is 2.59. The molecule has 0 saturated heterocycles. The van der Waals surface area contributed by atoms with Gasteiger partial charge in [0.05, 0.1) is 12.0 Å². The zero-order chi connectivity index (χ0) is 17.1. The molecule has 24 heavy (non-hydrogen) atoms. The molecule has 0 aromatic rings. The maximum Gasteiger partial charge on any atom is 0.331 e. The van der Waals surface area contributed by atoms with Crippen LogP contribution in [0.5, 0.6) is 0 Å². The molecule has 3 heteroatoms. The van der Waals surface area contributed by atoms with Crippen molar-refractivity contribution in [2.75, 3.05) is 0 Å². The van der Waals surface area contributed by atoms with Crippen LogP contribution in [0.4, 0.5) is 0 Å². The summed E-state index contributed by atoms with van der Waals surface area (Å²) in [4.78, 5) is 11.4. The van der Waals surface area contributed by atoms with E-state index in [0.29, 0.717) is 29.7 Å². The van der Waals surface area contributed by atoms with E-state index in [1.54, 1.807) is 0 Å². The highest BCUT2D eigenvalue weighted by molar-refractivity contribution is 5.87. The molecule has 128 valence electrons. The molecule has 0 aliphatic heterocycles. The van der Waals surface area contributed by atoms with Crippen LogP contribution in [-0.4, -0.2) is 11.1 Å². The third kappa shape index (κ3) is 1.98. The predicted octanol–water partition coefficient (Wildman–Crippen LogP) is 4.71. The van der Waals surface area contributed by atoms with E-state index in [1.165, 1.54) is 18.4 Å². The molecule has 3 nitrogen and oxygen atoms in total. The van der Waals surface area contributed by atoms with Crippen LogP contribution in [0.3, 0.4) is 0 Å². The Labute approximate surface area is 144 Å². The number of carboxylic acids is 1. The van der Waals surface area contributed by atoms with Crippen molar-refractivity contribution < 1.29 is 9.90 Å². The number of allylic oxidation sites excluding steroid dienone is 3. The van der Waals surface area contributed by atoms with Crippen LogP contribution in [0.2, 0.25) is 0 Å². The minimum atomic E-state index is -0.760. The van der Waals surface area contributed by atoms with E-state index >= 15 is 0 Å². The Hall–Kier alpha value is -1.56. The molecule has 0 amide bonds. The smallest absolute Gasteiger partial charge is 0.331 e. The molecule has 0 aromatic carbocycles. The number of nitriles is 1. The van der Waals surface area contributed by atoms with Gasteiger partial charge in [0.15, 0.2) is 0 Å². The first-order chi connectivity index (χ1) is 11.4. The summed E-state index contributed by atoms with van der Waals surface area (Å²) in [5, 5.41) is 18.9. The van der Waals surface area contributed by atoms with Crippen molar-refractivity contribution in [1.82, 2.24) is 0 Å². The van der Waals surface area contributed by atoms with Gasteiger partial charge in [-0.25, -0.2) is 4.79 Å². The monoisotopic (exact) mass is 325 g/mol. The SMILES string of the molecule is C[C@]12CCC(C(=O)O)=CC1=CCC1C2CC[C@@]2(C)C1CC[C@@H]2C#N. The standard InChI is InChI=1S/C21H27NO2/c1-20-9-7-13(19(23)24)11-14(20)3-5-16-17-6-4-15(12-22)21(17,2)10-8-18(16)20/h3,11,15-18H,4-10H2,1-2H3,(H,23,24)/t15-,16?,17?,18?,20+,21-/m1/s1. The third-order valence-electron chi connectivity index (χ3n) is 8.20. The second kappa shape index (κ2) is 5.22. The molecule has 4 aliphatic rings. The van der Waals surface area contributed by atoms with Crippen LogP contribution >= 0.6 is 0 Å². The molecule has 4 aliphatic carbocycles. The molecule has 0 radical (unpaired) electrons. The molecular weight excluding hydrogens is 298 g/mol. The summed E-state index contributed by atoms with van der Waals surface area (Å²) < 4.78 is 0. The minimum absolute atomic E-state index is 0.133. The number of hydrogen-bond acceptors (Lipinski definition) is 2. The maximum atomic E-state index is 11.4. The average Bonchev–Trinajstić information content (AvgIpc) is 2.90. The van der Waals surface area contributed by atoms with Crippen molar-refractivity contribution in [3.63, 3.8) is 0 Å². The lowest BCUT2D eigenvalue weighted by Crippen LogP contribution is -2.49. The van der Waals surface area contributed by atoms with Crippen molar-refractivity contribution in [3.05, 3.63) is 23.3 Å². The molecule has 0 aromatic heterocycles. The average molecular weight is 325 g/mol. The normalized spacial score (nSPS) is 46.7. The van der Waals surface area contributed by atoms with Crippen molar-refractivity contribution in [2.24, 2.45) is 34.5 Å². The Morgan fingerprint density at radius 1 is 1.25 bits per heavy atom. The lowest BCUT2D eigenvalue weighted by Gasteiger charge is -2.56. The third-order valence-corrected chi connectivity index (χ3v) is 8.20. The number of aliphatic carboxylic acids is 1. The number of fused-ring (bicyclic) bond motifs is 5. The molecular formula is C21H27NO2. The first-order valence-electron chi connectivity index (χ1n) is 9.44. The van der Waals surface area contributed by atoms with E-state index in [-0.39, 0.29) is 16.7 Å². The number of nitrogens with zero attached hydrogens (tertiary/aromatic N) is 1. The fraction of sp³-hybridized carbons (Fsp3) is 0.714. The highest BCUT2D eigenvalue weighted by atomic mass is 16.4. The van der Waals surface area contributed by atoms with Gasteiger partial charge < -0.3 is 5.11 Å². The lowest BCUT2D eigenvalue weighted by atomic mass is 9.48. The van der Waals surface area contributed by atoms with Gasteiger partial charge in [-0.05, 0) is 85.2 Å². The van der Waals surface area contributed by atoms with Crippen LogP contribution in [-0.2, 0) is 4.79 Å². The van der Waals surface area contributed by atoms with Crippen LogP contribution in [0.15, 0.2) is 23.3 Å². The first kappa shape index (κ1) is 15.9. The summed E-state index contributed by atoms with van der Waals surface area (Å²) in [5.74, 6) is 1.46. The van der Waals surface area contributed by atoms with Gasteiger partial charge in [0.2, 0.25) is 0 Å². The van der Waals surface area contributed by atoms with Gasteiger partial charge in [-0.2, -0.15) is 5.26 Å². The molecule has 2 fully saturated rings. The minimum Gasteiger partial charge on any atom is -0.478 e. The van der Waals surface area contributed by atoms with Crippen molar-refractivity contribution in [3.8, 4) is 6.07 Å². The molecule has 0 heterocycles. The number of carbonyl (C=O) groups is 1. The molecule has 1 N–H and O–H groups in total. The van der Waals surface area contributed by atoms with Crippen LogP contribution in [0.1, 0.15) is 58.8 Å². The fourth-order valence-corrected chi connectivity index (χ4v) is 6.71. The van der Waals surface area contributed by atoms with Gasteiger partial charge in [0.25, 0.3) is 0 Å². The Balaban J connectivity index is 1.69. The largest absolute Gasteiger partial charge is 0.478 e. The molecule has 2 saturated carbocycles. The summed E-state index contributed by atoms with van der Waals surface area (Å²) >= 11 is 0. The molecule has 0 bridgehead atoms. The highest BCUT2D eigenvalue weighted by Gasteiger charge is 2.58. The fourth-order valence-electron chi connectivity index (χ4n) is 6.71. The predicted molar refractivity (Wildman–Crippen MR) is 91.9 cm³/mol. The van der Waals surface area contributed by atoms with Gasteiger partial charge >= 0.3 is 5.97 Å². The summed E-state index contributed by atoms with van der Waals surface area (Å²) in [6.07, 6.45) is 11.6. The van der Waals surface area contributed by atoms with E-state index in [0.717, 1.165) is 25.7 Å². The number of hydrogen-bond donors (Lipinski definition) is 1. The van der Waals surface area contributed by atoms with Crippen molar-refractivity contribution >= 4 is 5.97 Å². The summed E-state index contributed by atoms with van der Waals surface area (Å²) in [5.41, 5.74) is 2.18. The molecule has 3 unspecified atom stereocenters. The van der Waals surface area contributed by atoms with Crippen molar-refractivity contribution in [1.29, 1.82) is 5.26 Å². The van der Waals surface area contributed by atoms with Gasteiger partial charge in [-0.3, -0.25) is 0 Å². The molecule has 4 rings (SSSR count).